The molecule has 2 aromatic carbocycles. The van der Waals surface area contributed by atoms with E-state index in [-0.39, 0.29) is 11.4 Å². The Balaban J connectivity index is 2.50. The largest absolute Gasteiger partial charge is 0.244 e. The molecule has 2 aromatic rings. The van der Waals surface area contributed by atoms with Crippen LogP contribution in [0.15, 0.2) is 72.1 Å². The molecule has 0 aromatic heterocycles. The monoisotopic (exact) mass is 325 g/mol. The van der Waals surface area contributed by atoms with Crippen molar-refractivity contribution >= 4 is 10.0 Å². The lowest BCUT2D eigenvalue weighted by Crippen LogP contribution is -2.34. The zero-order valence-corrected chi connectivity index (χ0v) is 13.8. The third kappa shape index (κ3) is 3.70. The number of aryl methyl sites for hydroxylation is 1. The van der Waals surface area contributed by atoms with Crippen LogP contribution in [-0.4, -0.2) is 19.3 Å². The summed E-state index contributed by atoms with van der Waals surface area (Å²) in [5, 5.41) is 0. The van der Waals surface area contributed by atoms with E-state index in [4.69, 9.17) is 6.42 Å². The molecular formula is C19H19NO2S. The molecule has 23 heavy (non-hydrogen) atoms. The molecule has 0 amide bonds. The van der Waals surface area contributed by atoms with Crippen LogP contribution in [0.5, 0.6) is 0 Å². The van der Waals surface area contributed by atoms with Crippen molar-refractivity contribution in [2.45, 2.75) is 17.9 Å². The number of hydrogen-bond donors (Lipinski definition) is 0. The van der Waals surface area contributed by atoms with Crippen molar-refractivity contribution in [3.05, 3.63) is 78.4 Å². The fourth-order valence-corrected chi connectivity index (χ4v) is 3.84. The molecule has 0 fully saturated rings. The van der Waals surface area contributed by atoms with Crippen LogP contribution in [0.2, 0.25) is 0 Å². The fourth-order valence-electron chi connectivity index (χ4n) is 2.34. The summed E-state index contributed by atoms with van der Waals surface area (Å²) in [5.74, 6) is 2.44. The van der Waals surface area contributed by atoms with Crippen LogP contribution >= 0.6 is 0 Å². The molecule has 3 nitrogen and oxygen atoms in total. The van der Waals surface area contributed by atoms with Gasteiger partial charge in [-0.2, -0.15) is 4.31 Å². The van der Waals surface area contributed by atoms with E-state index < -0.39 is 16.1 Å². The van der Waals surface area contributed by atoms with E-state index in [9.17, 15) is 8.42 Å². The normalized spacial score (nSPS) is 12.6. The summed E-state index contributed by atoms with van der Waals surface area (Å²) in [6, 6.07) is 15.5. The molecule has 2 rings (SSSR count). The van der Waals surface area contributed by atoms with Crippen molar-refractivity contribution in [1.82, 2.24) is 4.31 Å². The van der Waals surface area contributed by atoms with Gasteiger partial charge in [0.25, 0.3) is 0 Å². The number of nitrogens with zero attached hydrogens (tertiary/aromatic N) is 1. The van der Waals surface area contributed by atoms with Crippen LogP contribution in [0.1, 0.15) is 17.2 Å². The van der Waals surface area contributed by atoms with Crippen molar-refractivity contribution in [1.29, 1.82) is 0 Å². The van der Waals surface area contributed by atoms with Gasteiger partial charge in [0, 0.05) is 0 Å². The van der Waals surface area contributed by atoms with E-state index in [0.29, 0.717) is 0 Å². The van der Waals surface area contributed by atoms with Crippen LogP contribution in [0.25, 0.3) is 0 Å². The summed E-state index contributed by atoms with van der Waals surface area (Å²) in [4.78, 5) is 0.223. The van der Waals surface area contributed by atoms with Gasteiger partial charge in [-0.05, 0) is 24.6 Å². The van der Waals surface area contributed by atoms with Crippen molar-refractivity contribution in [2.24, 2.45) is 0 Å². The molecule has 4 heteroatoms. The predicted octanol–water partition coefficient (Wildman–Crippen LogP) is 3.55. The van der Waals surface area contributed by atoms with E-state index in [2.05, 4.69) is 12.5 Å². The molecule has 0 heterocycles. The maximum Gasteiger partial charge on any atom is 0.244 e. The van der Waals surface area contributed by atoms with E-state index in [1.807, 2.05) is 37.3 Å². The molecule has 0 saturated heterocycles. The molecule has 0 aliphatic rings. The highest BCUT2D eigenvalue weighted by Gasteiger charge is 2.30. The zero-order chi connectivity index (χ0) is 16.9. The molecule has 0 radical (unpaired) electrons. The summed E-state index contributed by atoms with van der Waals surface area (Å²) < 4.78 is 27.3. The highest BCUT2D eigenvalue weighted by molar-refractivity contribution is 7.89. The maximum atomic E-state index is 13.0. The minimum Gasteiger partial charge on any atom is -0.207 e. The van der Waals surface area contributed by atoms with Gasteiger partial charge in [0.05, 0.1) is 17.5 Å². The van der Waals surface area contributed by atoms with Gasteiger partial charge in [0.2, 0.25) is 10.0 Å². The quantitative estimate of drug-likeness (QED) is 0.602. The molecule has 0 aliphatic carbocycles. The van der Waals surface area contributed by atoms with Gasteiger partial charge in [-0.15, -0.1) is 13.0 Å². The second kappa shape index (κ2) is 7.28. The van der Waals surface area contributed by atoms with E-state index in [1.54, 1.807) is 30.3 Å². The average Bonchev–Trinajstić information content (AvgIpc) is 2.56. The molecular weight excluding hydrogens is 306 g/mol. The van der Waals surface area contributed by atoms with E-state index in [1.165, 1.54) is 4.31 Å². The number of terminal acetylenes is 1. The second-order valence-electron chi connectivity index (χ2n) is 5.16. The summed E-state index contributed by atoms with van der Waals surface area (Å²) >= 11 is 0. The summed E-state index contributed by atoms with van der Waals surface area (Å²) in [7, 11) is -3.72. The maximum absolute atomic E-state index is 13.0. The van der Waals surface area contributed by atoms with Crippen molar-refractivity contribution in [3.63, 3.8) is 0 Å². The van der Waals surface area contributed by atoms with Gasteiger partial charge in [-0.1, -0.05) is 60.0 Å². The standard InChI is InChI=1S/C19H19NO2S/c1-4-15-20(19(5-2)17-9-7-6-8-10-17)23(21,22)18-13-11-16(3)12-14-18/h1,5-14,19H,2,15H2,3H3. The van der Waals surface area contributed by atoms with Crippen molar-refractivity contribution in [3.8, 4) is 12.3 Å². The molecule has 0 bridgehead atoms. The molecule has 0 N–H and O–H groups in total. The molecule has 0 spiro atoms. The number of sulfonamides is 1. The third-order valence-corrected chi connectivity index (χ3v) is 5.39. The Hall–Kier alpha value is -2.35. The SMILES string of the molecule is C#CCN(C(C=C)c1ccccc1)S(=O)(=O)c1ccc(C)cc1. The highest BCUT2D eigenvalue weighted by Crippen LogP contribution is 2.28. The zero-order valence-electron chi connectivity index (χ0n) is 13.0. The Kier molecular flexibility index (Phi) is 5.38. The Morgan fingerprint density at radius 1 is 1.17 bits per heavy atom. The van der Waals surface area contributed by atoms with Crippen molar-refractivity contribution < 1.29 is 8.42 Å². The summed E-state index contributed by atoms with van der Waals surface area (Å²) in [6.45, 7) is 5.67. The summed E-state index contributed by atoms with van der Waals surface area (Å²) in [5.41, 5.74) is 1.82. The minimum atomic E-state index is -3.72. The van der Waals surface area contributed by atoms with Gasteiger partial charge < -0.3 is 0 Å². The van der Waals surface area contributed by atoms with Crippen LogP contribution in [0, 0.1) is 19.3 Å². The molecule has 0 saturated carbocycles. The van der Waals surface area contributed by atoms with E-state index in [0.717, 1.165) is 11.1 Å². The first-order valence-corrected chi connectivity index (χ1v) is 8.64. The second-order valence-corrected chi connectivity index (χ2v) is 7.05. The molecule has 1 atom stereocenters. The Morgan fingerprint density at radius 2 is 1.78 bits per heavy atom. The first-order valence-electron chi connectivity index (χ1n) is 7.20. The van der Waals surface area contributed by atoms with Gasteiger partial charge >= 0.3 is 0 Å². The summed E-state index contributed by atoms with van der Waals surface area (Å²) in [6.07, 6.45) is 7.00. The number of hydrogen-bond acceptors (Lipinski definition) is 2. The molecule has 1 unspecified atom stereocenters. The lowest BCUT2D eigenvalue weighted by atomic mass is 10.1. The predicted molar refractivity (Wildman–Crippen MR) is 93.3 cm³/mol. The Bertz CT molecular complexity index is 803. The lowest BCUT2D eigenvalue weighted by Gasteiger charge is -2.27. The van der Waals surface area contributed by atoms with Crippen LogP contribution in [-0.2, 0) is 10.0 Å². The van der Waals surface area contributed by atoms with Gasteiger partial charge in [-0.25, -0.2) is 8.42 Å². The highest BCUT2D eigenvalue weighted by atomic mass is 32.2. The third-order valence-electron chi connectivity index (χ3n) is 3.55. The molecule has 118 valence electrons. The molecule has 0 aliphatic heterocycles. The average molecular weight is 325 g/mol. The van der Waals surface area contributed by atoms with E-state index >= 15 is 0 Å². The van der Waals surface area contributed by atoms with Crippen LogP contribution < -0.4 is 0 Å². The smallest absolute Gasteiger partial charge is 0.207 e. The van der Waals surface area contributed by atoms with Gasteiger partial charge in [0.1, 0.15) is 0 Å². The topological polar surface area (TPSA) is 37.4 Å². The fraction of sp³-hybridized carbons (Fsp3) is 0.158. The number of benzene rings is 2. The first-order chi connectivity index (χ1) is 11.0. The number of rotatable bonds is 6. The Morgan fingerprint density at radius 3 is 2.30 bits per heavy atom. The Labute approximate surface area is 138 Å². The van der Waals surface area contributed by atoms with Crippen LogP contribution in [0.4, 0.5) is 0 Å². The van der Waals surface area contributed by atoms with Crippen LogP contribution in [0.3, 0.4) is 0 Å². The first kappa shape index (κ1) is 17.0. The van der Waals surface area contributed by atoms with Gasteiger partial charge in [0.15, 0.2) is 0 Å². The minimum absolute atomic E-state index is 0.0260. The lowest BCUT2D eigenvalue weighted by molar-refractivity contribution is 0.402. The van der Waals surface area contributed by atoms with Crippen molar-refractivity contribution in [2.75, 3.05) is 6.54 Å². The van der Waals surface area contributed by atoms with Gasteiger partial charge in [-0.3, -0.25) is 0 Å².